The number of nitrogens with two attached hydrogens (primary N) is 1. The normalized spacial score (nSPS) is 13.7. The minimum Gasteiger partial charge on any atom is -0.398 e. The number of nitrogens with one attached hydrogen (secondary N) is 1. The van der Waals surface area contributed by atoms with Gasteiger partial charge in [-0.15, -0.1) is 0 Å². The van der Waals surface area contributed by atoms with Gasteiger partial charge in [-0.2, -0.15) is 0 Å². The fourth-order valence-corrected chi connectivity index (χ4v) is 3.31. The number of halogens is 1. The second-order valence-corrected chi connectivity index (χ2v) is 6.36. The maximum atomic E-state index is 13.6. The third-order valence-corrected chi connectivity index (χ3v) is 4.86. The van der Waals surface area contributed by atoms with E-state index >= 15 is 0 Å². The number of hydrogen-bond donors (Lipinski definition) is 3. The van der Waals surface area contributed by atoms with E-state index in [2.05, 4.69) is 4.72 Å². The van der Waals surface area contributed by atoms with Crippen molar-refractivity contribution in [3.63, 3.8) is 0 Å². The Morgan fingerprint density at radius 2 is 1.95 bits per heavy atom. The highest BCUT2D eigenvalue weighted by Gasteiger charge is 2.24. The molecule has 0 aliphatic rings. The Morgan fingerprint density at radius 1 is 1.35 bits per heavy atom. The van der Waals surface area contributed by atoms with Crippen LogP contribution in [0.5, 0.6) is 0 Å². The lowest BCUT2D eigenvalue weighted by Gasteiger charge is -2.20. The zero-order valence-corrected chi connectivity index (χ0v) is 12.5. The number of anilines is 1. The molecule has 0 aliphatic carbocycles. The molecule has 1 aromatic carbocycles. The van der Waals surface area contributed by atoms with Crippen molar-refractivity contribution in [3.8, 4) is 0 Å². The van der Waals surface area contributed by atoms with Gasteiger partial charge in [0.2, 0.25) is 10.0 Å². The van der Waals surface area contributed by atoms with Crippen LogP contribution in [0.1, 0.15) is 26.7 Å². The average molecular weight is 304 g/mol. The monoisotopic (exact) mass is 304 g/mol. The van der Waals surface area contributed by atoms with E-state index in [4.69, 9.17) is 5.73 Å². The molecule has 1 atom stereocenters. The summed E-state index contributed by atoms with van der Waals surface area (Å²) in [6.45, 7) is 3.67. The zero-order chi connectivity index (χ0) is 15.3. The fraction of sp³-hybridized carbons (Fsp3) is 0.538. The molecule has 0 heterocycles. The second-order valence-electron chi connectivity index (χ2n) is 4.65. The molecule has 0 radical (unpaired) electrons. The third-order valence-electron chi connectivity index (χ3n) is 3.34. The van der Waals surface area contributed by atoms with Crippen LogP contribution in [0.4, 0.5) is 10.1 Å². The van der Waals surface area contributed by atoms with Gasteiger partial charge < -0.3 is 10.8 Å². The Kier molecular flexibility index (Phi) is 5.91. The van der Waals surface area contributed by atoms with E-state index < -0.39 is 26.8 Å². The molecule has 0 saturated carbocycles. The molecule has 1 unspecified atom stereocenters. The van der Waals surface area contributed by atoms with E-state index in [9.17, 15) is 17.9 Å². The molecule has 0 bridgehead atoms. The molecule has 1 rings (SSSR count). The quantitative estimate of drug-likeness (QED) is 0.665. The topological polar surface area (TPSA) is 92.4 Å². The minimum absolute atomic E-state index is 0.00401. The van der Waals surface area contributed by atoms with Crippen LogP contribution in [0, 0.1) is 11.7 Å². The Labute approximate surface area is 119 Å². The van der Waals surface area contributed by atoms with Crippen molar-refractivity contribution in [2.24, 2.45) is 5.92 Å². The van der Waals surface area contributed by atoms with Crippen LogP contribution in [-0.2, 0) is 10.0 Å². The molecule has 0 aliphatic heterocycles. The van der Waals surface area contributed by atoms with Crippen molar-refractivity contribution in [3.05, 3.63) is 24.0 Å². The van der Waals surface area contributed by atoms with Gasteiger partial charge in [0.05, 0.1) is 11.8 Å². The van der Waals surface area contributed by atoms with Crippen molar-refractivity contribution in [2.45, 2.75) is 37.7 Å². The standard InChI is InChI=1S/C13H21FN2O3S/c1-3-9(4-2)12(17)8-16-20(18,19)13-10(14)6-5-7-11(13)15/h5-7,9,12,16-17H,3-4,8,15H2,1-2H3. The number of sulfonamides is 1. The number of nitrogen functional groups attached to an aromatic ring is 1. The molecule has 20 heavy (non-hydrogen) atoms. The fourth-order valence-electron chi connectivity index (χ4n) is 2.08. The first-order chi connectivity index (χ1) is 9.33. The summed E-state index contributed by atoms with van der Waals surface area (Å²) < 4.78 is 39.9. The first kappa shape index (κ1) is 16.9. The van der Waals surface area contributed by atoms with Crippen molar-refractivity contribution in [2.75, 3.05) is 12.3 Å². The molecule has 7 heteroatoms. The predicted molar refractivity (Wildman–Crippen MR) is 76.1 cm³/mol. The minimum atomic E-state index is -4.08. The number of aliphatic hydroxyl groups excluding tert-OH is 1. The summed E-state index contributed by atoms with van der Waals surface area (Å²) in [5, 5.41) is 9.91. The van der Waals surface area contributed by atoms with Crippen LogP contribution in [-0.4, -0.2) is 26.2 Å². The lowest BCUT2D eigenvalue weighted by atomic mass is 9.97. The highest BCUT2D eigenvalue weighted by atomic mass is 32.2. The Hall–Kier alpha value is -1.18. The first-order valence-electron chi connectivity index (χ1n) is 6.55. The molecule has 0 aromatic heterocycles. The smallest absolute Gasteiger partial charge is 0.245 e. The van der Waals surface area contributed by atoms with Gasteiger partial charge >= 0.3 is 0 Å². The van der Waals surface area contributed by atoms with Crippen molar-refractivity contribution in [1.82, 2.24) is 4.72 Å². The molecule has 4 N–H and O–H groups in total. The first-order valence-corrected chi connectivity index (χ1v) is 8.03. The number of benzene rings is 1. The van der Waals surface area contributed by atoms with E-state index in [0.29, 0.717) is 0 Å². The molecule has 0 saturated heterocycles. The van der Waals surface area contributed by atoms with Gasteiger partial charge in [0.25, 0.3) is 0 Å². The molecule has 0 amide bonds. The van der Waals surface area contributed by atoms with Crippen LogP contribution >= 0.6 is 0 Å². The lowest BCUT2D eigenvalue weighted by molar-refractivity contribution is 0.107. The summed E-state index contributed by atoms with van der Waals surface area (Å²) in [5.41, 5.74) is 5.35. The third kappa shape index (κ3) is 3.91. The molecule has 114 valence electrons. The molecular formula is C13H21FN2O3S. The van der Waals surface area contributed by atoms with Crippen LogP contribution in [0.25, 0.3) is 0 Å². The summed E-state index contributed by atoms with van der Waals surface area (Å²) >= 11 is 0. The Bertz CT molecular complexity index is 524. The highest BCUT2D eigenvalue weighted by molar-refractivity contribution is 7.89. The maximum Gasteiger partial charge on any atom is 0.245 e. The van der Waals surface area contributed by atoms with Crippen LogP contribution in [0.2, 0.25) is 0 Å². The number of hydrogen-bond acceptors (Lipinski definition) is 4. The van der Waals surface area contributed by atoms with Gasteiger partial charge in [-0.25, -0.2) is 17.5 Å². The van der Waals surface area contributed by atoms with E-state index in [1.807, 2.05) is 13.8 Å². The van der Waals surface area contributed by atoms with Gasteiger partial charge in [-0.05, 0) is 18.1 Å². The summed E-state index contributed by atoms with van der Waals surface area (Å²) in [6, 6.07) is 3.68. The summed E-state index contributed by atoms with van der Waals surface area (Å²) in [6.07, 6.45) is 0.662. The molecule has 0 fully saturated rings. The van der Waals surface area contributed by atoms with Gasteiger partial charge in [0, 0.05) is 6.54 Å². The summed E-state index contributed by atoms with van der Waals surface area (Å²) in [5.74, 6) is -0.912. The zero-order valence-electron chi connectivity index (χ0n) is 11.6. The van der Waals surface area contributed by atoms with Crippen LogP contribution in [0.3, 0.4) is 0 Å². The van der Waals surface area contributed by atoms with E-state index in [1.54, 1.807) is 0 Å². The Balaban J connectivity index is 2.86. The van der Waals surface area contributed by atoms with Gasteiger partial charge in [0.1, 0.15) is 10.7 Å². The Morgan fingerprint density at radius 3 is 2.45 bits per heavy atom. The predicted octanol–water partition coefficient (Wildman–Crippen LogP) is 1.48. The van der Waals surface area contributed by atoms with Gasteiger partial charge in [0.15, 0.2) is 0 Å². The van der Waals surface area contributed by atoms with Crippen molar-refractivity contribution < 1.29 is 17.9 Å². The largest absolute Gasteiger partial charge is 0.398 e. The molecule has 0 spiro atoms. The number of rotatable bonds is 7. The molecule has 1 aromatic rings. The molecule has 5 nitrogen and oxygen atoms in total. The lowest BCUT2D eigenvalue weighted by Crippen LogP contribution is -2.36. The van der Waals surface area contributed by atoms with Gasteiger partial charge in [-0.1, -0.05) is 32.8 Å². The average Bonchev–Trinajstić information content (AvgIpc) is 2.37. The summed E-state index contributed by atoms with van der Waals surface area (Å²) in [4.78, 5) is -0.572. The number of aliphatic hydroxyl groups is 1. The second kappa shape index (κ2) is 7.01. The van der Waals surface area contributed by atoms with E-state index in [1.165, 1.54) is 12.1 Å². The van der Waals surface area contributed by atoms with Crippen molar-refractivity contribution >= 4 is 15.7 Å². The maximum absolute atomic E-state index is 13.6. The summed E-state index contributed by atoms with van der Waals surface area (Å²) in [7, 11) is -4.08. The van der Waals surface area contributed by atoms with Crippen molar-refractivity contribution in [1.29, 1.82) is 0 Å². The SMILES string of the molecule is CCC(CC)C(O)CNS(=O)(=O)c1c(N)cccc1F. The van der Waals surface area contributed by atoms with Gasteiger partial charge in [-0.3, -0.25) is 0 Å². The van der Waals surface area contributed by atoms with E-state index in [0.717, 1.165) is 18.9 Å². The van der Waals surface area contributed by atoms with Crippen LogP contribution in [0.15, 0.2) is 23.1 Å². The molecular weight excluding hydrogens is 283 g/mol. The van der Waals surface area contributed by atoms with E-state index in [-0.39, 0.29) is 18.2 Å². The van der Waals surface area contributed by atoms with Crippen LogP contribution < -0.4 is 10.5 Å². The highest BCUT2D eigenvalue weighted by Crippen LogP contribution is 2.21.